The van der Waals surface area contributed by atoms with Crippen LogP contribution >= 0.6 is 11.3 Å². The Balaban J connectivity index is 1.86. The smallest absolute Gasteiger partial charge is 0.199 e. The lowest BCUT2D eigenvalue weighted by Crippen LogP contribution is -2.08. The molecule has 19 heavy (non-hydrogen) atoms. The third-order valence-electron chi connectivity index (χ3n) is 2.72. The molecule has 0 aliphatic rings. The molecule has 0 aromatic carbocycles. The minimum Gasteiger partial charge on any atom is -0.294 e. The summed E-state index contributed by atoms with van der Waals surface area (Å²) in [5.41, 5.74) is 1.17. The number of Topliss-reactive ketones (excluding diaryl/α,β-unsaturated/α-hetero) is 2. The number of hydrogen-bond donors (Lipinski definition) is 0. The van der Waals surface area contributed by atoms with E-state index in [9.17, 15) is 9.59 Å². The van der Waals surface area contributed by atoms with Crippen molar-refractivity contribution in [1.29, 1.82) is 0 Å². The molecule has 3 rings (SSSR count). The molecule has 94 valence electrons. The van der Waals surface area contributed by atoms with Gasteiger partial charge in [0.25, 0.3) is 0 Å². The highest BCUT2D eigenvalue weighted by atomic mass is 32.1. The Morgan fingerprint density at radius 2 is 2.16 bits per heavy atom. The third-order valence-corrected chi connectivity index (χ3v) is 3.53. The molecule has 0 fully saturated rings. The number of thiazole rings is 1. The number of ketones is 2. The van der Waals surface area contributed by atoms with Gasteiger partial charge in [0, 0.05) is 17.8 Å². The first kappa shape index (κ1) is 11.7. The molecule has 0 saturated carbocycles. The molecule has 0 radical (unpaired) electrons. The van der Waals surface area contributed by atoms with Crippen molar-refractivity contribution in [3.63, 3.8) is 0 Å². The van der Waals surface area contributed by atoms with E-state index in [0.29, 0.717) is 16.1 Å². The topological polar surface area (TPSA) is 64.3 Å². The van der Waals surface area contributed by atoms with E-state index in [2.05, 4.69) is 10.1 Å². The van der Waals surface area contributed by atoms with Crippen molar-refractivity contribution in [1.82, 2.24) is 14.6 Å². The van der Waals surface area contributed by atoms with Crippen LogP contribution in [0, 0.1) is 0 Å². The molecule has 0 aliphatic heterocycles. The van der Waals surface area contributed by atoms with Crippen LogP contribution in [-0.4, -0.2) is 26.2 Å². The number of carbonyl (C=O) groups excluding carboxylic acids is 2. The largest absolute Gasteiger partial charge is 0.294 e. The Labute approximate surface area is 112 Å². The van der Waals surface area contributed by atoms with Crippen molar-refractivity contribution in [2.75, 3.05) is 0 Å². The lowest BCUT2D eigenvalue weighted by molar-refractivity contribution is 0.0895. The summed E-state index contributed by atoms with van der Waals surface area (Å²) >= 11 is 1.24. The molecule has 0 N–H and O–H groups in total. The zero-order valence-electron chi connectivity index (χ0n) is 9.81. The van der Waals surface area contributed by atoms with Gasteiger partial charge in [-0.05, 0) is 12.1 Å². The zero-order valence-corrected chi connectivity index (χ0v) is 10.6. The minimum atomic E-state index is -0.254. The molecule has 6 heteroatoms. The van der Waals surface area contributed by atoms with Crippen LogP contribution in [0.15, 0.2) is 42.2 Å². The van der Waals surface area contributed by atoms with Crippen molar-refractivity contribution >= 4 is 28.4 Å². The molecule has 0 atom stereocenters. The summed E-state index contributed by atoms with van der Waals surface area (Å²) < 4.78 is 1.61. The van der Waals surface area contributed by atoms with E-state index in [1.54, 1.807) is 28.4 Å². The Bertz CT molecular complexity index is 746. The fourth-order valence-corrected chi connectivity index (χ4v) is 2.40. The van der Waals surface area contributed by atoms with Gasteiger partial charge >= 0.3 is 0 Å². The van der Waals surface area contributed by atoms with Gasteiger partial charge in [0.2, 0.25) is 0 Å². The first-order valence-corrected chi connectivity index (χ1v) is 6.52. The van der Waals surface area contributed by atoms with Crippen LogP contribution in [-0.2, 0) is 0 Å². The van der Waals surface area contributed by atoms with Crippen LogP contribution in [0.5, 0.6) is 0 Å². The highest BCUT2D eigenvalue weighted by molar-refractivity contribution is 7.11. The lowest BCUT2D eigenvalue weighted by Gasteiger charge is -1.97. The molecule has 3 aromatic heterocycles. The van der Waals surface area contributed by atoms with Crippen molar-refractivity contribution < 1.29 is 9.59 Å². The number of nitrogens with zero attached hydrogens (tertiary/aromatic N) is 3. The van der Waals surface area contributed by atoms with Crippen molar-refractivity contribution in [3.8, 4) is 0 Å². The number of hydrogen-bond acceptors (Lipinski definition) is 5. The average molecular weight is 271 g/mol. The summed E-state index contributed by atoms with van der Waals surface area (Å²) in [6.07, 6.45) is 4.63. The summed E-state index contributed by atoms with van der Waals surface area (Å²) in [7, 11) is 0. The first-order valence-electron chi connectivity index (χ1n) is 5.64. The number of pyridine rings is 1. The Kier molecular flexibility index (Phi) is 2.92. The molecule has 0 spiro atoms. The van der Waals surface area contributed by atoms with Crippen LogP contribution in [0.4, 0.5) is 0 Å². The van der Waals surface area contributed by atoms with Gasteiger partial charge in [0.1, 0.15) is 0 Å². The second-order valence-corrected chi connectivity index (χ2v) is 4.84. The van der Waals surface area contributed by atoms with E-state index in [-0.39, 0.29) is 18.0 Å². The molecule has 0 aliphatic carbocycles. The maximum absolute atomic E-state index is 12.1. The van der Waals surface area contributed by atoms with Gasteiger partial charge in [0.15, 0.2) is 16.6 Å². The summed E-state index contributed by atoms with van der Waals surface area (Å²) in [5.74, 6) is -0.489. The Morgan fingerprint density at radius 1 is 1.26 bits per heavy atom. The van der Waals surface area contributed by atoms with E-state index in [1.165, 1.54) is 17.5 Å². The molecule has 0 saturated heterocycles. The molecule has 3 aromatic rings. The van der Waals surface area contributed by atoms with E-state index in [1.807, 2.05) is 12.1 Å². The fourth-order valence-electron chi connectivity index (χ4n) is 1.83. The van der Waals surface area contributed by atoms with E-state index >= 15 is 0 Å². The Morgan fingerprint density at radius 3 is 2.95 bits per heavy atom. The van der Waals surface area contributed by atoms with Gasteiger partial charge in [-0.3, -0.25) is 9.59 Å². The van der Waals surface area contributed by atoms with Crippen LogP contribution in [0.25, 0.3) is 5.52 Å². The molecule has 0 bridgehead atoms. The van der Waals surface area contributed by atoms with Crippen molar-refractivity contribution in [2.45, 2.75) is 6.42 Å². The van der Waals surface area contributed by atoms with Crippen LogP contribution in [0.3, 0.4) is 0 Å². The molecular weight excluding hydrogens is 262 g/mol. The lowest BCUT2D eigenvalue weighted by atomic mass is 10.1. The SMILES string of the molecule is O=C(CC(=O)c1cnn2ccccc12)c1nccs1. The Hall–Kier alpha value is -2.34. The summed E-state index contributed by atoms with van der Waals surface area (Å²) in [5, 5.41) is 6.16. The van der Waals surface area contributed by atoms with E-state index in [4.69, 9.17) is 0 Å². The zero-order chi connectivity index (χ0) is 13.2. The molecule has 0 amide bonds. The summed E-state index contributed by atoms with van der Waals surface area (Å²) in [6, 6.07) is 5.46. The quantitative estimate of drug-likeness (QED) is 0.539. The van der Waals surface area contributed by atoms with Gasteiger partial charge in [-0.15, -0.1) is 11.3 Å². The van der Waals surface area contributed by atoms with Crippen molar-refractivity contribution in [3.05, 3.63) is 52.7 Å². The van der Waals surface area contributed by atoms with Crippen molar-refractivity contribution in [2.24, 2.45) is 0 Å². The van der Waals surface area contributed by atoms with Gasteiger partial charge in [-0.1, -0.05) is 6.07 Å². The van der Waals surface area contributed by atoms with Crippen LogP contribution < -0.4 is 0 Å². The molecule has 0 unspecified atom stereocenters. The van der Waals surface area contributed by atoms with Gasteiger partial charge < -0.3 is 0 Å². The molecule has 5 nitrogen and oxygen atoms in total. The summed E-state index contributed by atoms with van der Waals surface area (Å²) in [6.45, 7) is 0. The van der Waals surface area contributed by atoms with Gasteiger partial charge in [-0.2, -0.15) is 5.10 Å². The highest BCUT2D eigenvalue weighted by Crippen LogP contribution is 2.15. The average Bonchev–Trinajstić information content (AvgIpc) is 3.08. The maximum Gasteiger partial charge on any atom is 0.199 e. The second kappa shape index (κ2) is 4.74. The number of aromatic nitrogens is 3. The van der Waals surface area contributed by atoms with E-state index in [0.717, 1.165) is 0 Å². The van der Waals surface area contributed by atoms with Crippen LogP contribution in [0.2, 0.25) is 0 Å². The number of fused-ring (bicyclic) bond motifs is 1. The van der Waals surface area contributed by atoms with E-state index < -0.39 is 0 Å². The third kappa shape index (κ3) is 2.17. The standard InChI is InChI=1S/C13H9N3O2S/c17-11(7-12(18)13-14-4-6-19-13)9-8-15-16-5-2-1-3-10(9)16/h1-6,8H,7H2. The molecular formula is C13H9N3O2S. The second-order valence-electron chi connectivity index (χ2n) is 3.95. The first-order chi connectivity index (χ1) is 9.25. The fraction of sp³-hybridized carbons (Fsp3) is 0.0769. The highest BCUT2D eigenvalue weighted by Gasteiger charge is 2.18. The minimum absolute atomic E-state index is 0.177. The van der Waals surface area contributed by atoms with Crippen LogP contribution in [0.1, 0.15) is 26.6 Å². The predicted octanol–water partition coefficient (Wildman–Crippen LogP) is 2.25. The van der Waals surface area contributed by atoms with Gasteiger partial charge in [0.05, 0.1) is 23.7 Å². The normalized spacial score (nSPS) is 10.7. The molecule has 3 heterocycles. The number of rotatable bonds is 4. The monoisotopic (exact) mass is 271 g/mol. The summed E-state index contributed by atoms with van der Waals surface area (Å²) in [4.78, 5) is 27.9. The predicted molar refractivity (Wildman–Crippen MR) is 70.6 cm³/mol. The number of carbonyl (C=O) groups is 2. The van der Waals surface area contributed by atoms with Gasteiger partial charge in [-0.25, -0.2) is 9.50 Å². The maximum atomic E-state index is 12.1.